The van der Waals surface area contributed by atoms with Gasteiger partial charge in [-0.05, 0) is 29.3 Å². The summed E-state index contributed by atoms with van der Waals surface area (Å²) < 4.78 is 36.7. The van der Waals surface area contributed by atoms with Crippen molar-refractivity contribution in [3.8, 4) is 0 Å². The summed E-state index contributed by atoms with van der Waals surface area (Å²) in [5.74, 6) is -0.702. The first-order valence-corrected chi connectivity index (χ1v) is 7.97. The number of rotatable bonds is 5. The van der Waals surface area contributed by atoms with E-state index in [1.54, 1.807) is 6.07 Å². The van der Waals surface area contributed by atoms with Gasteiger partial charge in [-0.25, -0.2) is 12.8 Å². The molecule has 0 aliphatic rings. The molecule has 0 saturated carbocycles. The van der Waals surface area contributed by atoms with Crippen LogP contribution >= 0.6 is 0 Å². The van der Waals surface area contributed by atoms with Crippen molar-refractivity contribution in [3.63, 3.8) is 0 Å². The van der Waals surface area contributed by atoms with Crippen molar-refractivity contribution >= 4 is 21.6 Å². The van der Waals surface area contributed by atoms with Gasteiger partial charge in [0.25, 0.3) is 5.69 Å². The van der Waals surface area contributed by atoms with Gasteiger partial charge in [-0.2, -0.15) is 0 Å². The van der Waals surface area contributed by atoms with Crippen molar-refractivity contribution in [1.29, 1.82) is 0 Å². The monoisotopic (exact) mass is 321 g/mol. The zero-order chi connectivity index (χ0) is 16.2. The second-order valence-corrected chi connectivity index (χ2v) is 6.48. The Balaban J connectivity index is 2.15. The minimum absolute atomic E-state index is 0.113. The third kappa shape index (κ3) is 4.49. The molecular formula is C15H12FNO4S. The Labute approximate surface area is 126 Å². The predicted molar refractivity (Wildman–Crippen MR) is 81.2 cm³/mol. The summed E-state index contributed by atoms with van der Waals surface area (Å²) >= 11 is 0. The van der Waals surface area contributed by atoms with E-state index in [0.717, 1.165) is 5.41 Å². The third-order valence-electron chi connectivity index (χ3n) is 2.83. The van der Waals surface area contributed by atoms with E-state index < -0.39 is 20.6 Å². The van der Waals surface area contributed by atoms with Crippen LogP contribution in [-0.4, -0.2) is 13.3 Å². The van der Waals surface area contributed by atoms with Gasteiger partial charge < -0.3 is 0 Å². The molecule has 0 saturated heterocycles. The number of benzene rings is 2. The number of nitrogens with zero attached hydrogens (tertiary/aromatic N) is 1. The number of halogens is 1. The fraction of sp³-hybridized carbons (Fsp3) is 0.0667. The van der Waals surface area contributed by atoms with Gasteiger partial charge in [-0.1, -0.05) is 24.3 Å². The molecule has 22 heavy (non-hydrogen) atoms. The minimum Gasteiger partial charge on any atom is -0.258 e. The third-order valence-corrected chi connectivity index (χ3v) is 4.12. The maximum Gasteiger partial charge on any atom is 0.270 e. The first-order chi connectivity index (χ1) is 10.4. The van der Waals surface area contributed by atoms with E-state index in [-0.39, 0.29) is 11.4 Å². The van der Waals surface area contributed by atoms with Gasteiger partial charge in [0.2, 0.25) is 0 Å². The normalized spacial score (nSPS) is 11.7. The second-order valence-electron chi connectivity index (χ2n) is 4.59. The zero-order valence-corrected chi connectivity index (χ0v) is 12.2. The van der Waals surface area contributed by atoms with Crippen LogP contribution in [0.5, 0.6) is 0 Å². The average molecular weight is 321 g/mol. The summed E-state index contributed by atoms with van der Waals surface area (Å²) in [4.78, 5) is 10.1. The molecule has 0 amide bonds. The van der Waals surface area contributed by atoms with Gasteiger partial charge in [0, 0.05) is 17.5 Å². The molecule has 5 nitrogen and oxygen atoms in total. The van der Waals surface area contributed by atoms with E-state index >= 15 is 0 Å². The highest BCUT2D eigenvalue weighted by Crippen LogP contribution is 2.16. The summed E-state index contributed by atoms with van der Waals surface area (Å²) in [7, 11) is -3.55. The SMILES string of the molecule is O=[N+]([O-])c1cccc(/C=C/S(=O)(=O)Cc2ccc(F)cc2)c1. The van der Waals surface area contributed by atoms with E-state index in [0.29, 0.717) is 11.1 Å². The predicted octanol–water partition coefficient (Wildman–Crippen LogP) is 3.32. The molecule has 0 bridgehead atoms. The van der Waals surface area contributed by atoms with E-state index in [1.165, 1.54) is 48.5 Å². The molecule has 0 spiro atoms. The number of sulfone groups is 1. The summed E-state index contributed by atoms with van der Waals surface area (Å²) in [5.41, 5.74) is 0.764. The van der Waals surface area contributed by atoms with Gasteiger partial charge in [0.15, 0.2) is 9.84 Å². The maximum absolute atomic E-state index is 12.8. The van der Waals surface area contributed by atoms with E-state index in [4.69, 9.17) is 0 Å². The lowest BCUT2D eigenvalue weighted by Crippen LogP contribution is -2.00. The lowest BCUT2D eigenvalue weighted by atomic mass is 10.2. The number of hydrogen-bond donors (Lipinski definition) is 0. The summed E-state index contributed by atoms with van der Waals surface area (Å²) in [6.07, 6.45) is 1.30. The Hall–Kier alpha value is -2.54. The van der Waals surface area contributed by atoms with Crippen LogP contribution in [-0.2, 0) is 15.6 Å². The number of nitro groups is 1. The van der Waals surface area contributed by atoms with E-state index in [1.807, 2.05) is 0 Å². The number of non-ortho nitro benzene ring substituents is 1. The van der Waals surface area contributed by atoms with Crippen LogP contribution in [0, 0.1) is 15.9 Å². The fourth-order valence-corrected chi connectivity index (χ4v) is 2.90. The highest BCUT2D eigenvalue weighted by Gasteiger charge is 2.09. The van der Waals surface area contributed by atoms with Gasteiger partial charge in [0.1, 0.15) is 5.82 Å². The van der Waals surface area contributed by atoms with Crippen LogP contribution < -0.4 is 0 Å². The van der Waals surface area contributed by atoms with Gasteiger partial charge in [0.05, 0.1) is 10.7 Å². The Morgan fingerprint density at radius 3 is 2.45 bits per heavy atom. The molecule has 0 aromatic heterocycles. The quantitative estimate of drug-likeness (QED) is 0.625. The molecule has 0 fully saturated rings. The molecule has 0 unspecified atom stereocenters. The Kier molecular flexibility index (Phi) is 4.67. The molecule has 0 aliphatic heterocycles. The van der Waals surface area contributed by atoms with Crippen LogP contribution in [0.3, 0.4) is 0 Å². The Morgan fingerprint density at radius 2 is 1.82 bits per heavy atom. The Morgan fingerprint density at radius 1 is 1.14 bits per heavy atom. The Bertz CT molecular complexity index is 814. The summed E-state index contributed by atoms with van der Waals surface area (Å²) in [6, 6.07) is 10.8. The number of hydrogen-bond acceptors (Lipinski definition) is 4. The molecule has 0 radical (unpaired) electrons. The van der Waals surface area contributed by atoms with Crippen LogP contribution in [0.25, 0.3) is 6.08 Å². The summed E-state index contributed by atoms with van der Waals surface area (Å²) in [6.45, 7) is 0. The molecule has 0 atom stereocenters. The van der Waals surface area contributed by atoms with Crippen LogP contribution in [0.4, 0.5) is 10.1 Å². The van der Waals surface area contributed by atoms with Crippen molar-refractivity contribution in [2.45, 2.75) is 5.75 Å². The molecule has 2 aromatic rings. The first-order valence-electron chi connectivity index (χ1n) is 6.25. The minimum atomic E-state index is -3.55. The molecule has 0 heterocycles. The fourth-order valence-electron chi connectivity index (χ4n) is 1.79. The molecule has 114 valence electrons. The smallest absolute Gasteiger partial charge is 0.258 e. The molecular weight excluding hydrogens is 309 g/mol. The van der Waals surface area contributed by atoms with Crippen molar-refractivity contribution in [3.05, 3.63) is 81.0 Å². The van der Waals surface area contributed by atoms with Crippen LogP contribution in [0.15, 0.2) is 53.9 Å². The van der Waals surface area contributed by atoms with Crippen molar-refractivity contribution in [1.82, 2.24) is 0 Å². The summed E-state index contributed by atoms with van der Waals surface area (Å²) in [5, 5.41) is 11.7. The lowest BCUT2D eigenvalue weighted by Gasteiger charge is -2.00. The average Bonchev–Trinajstić information content (AvgIpc) is 2.48. The molecule has 2 rings (SSSR count). The van der Waals surface area contributed by atoms with E-state index in [2.05, 4.69) is 0 Å². The largest absolute Gasteiger partial charge is 0.270 e. The highest BCUT2D eigenvalue weighted by molar-refractivity contribution is 7.93. The first kappa shape index (κ1) is 15.8. The molecule has 0 aliphatic carbocycles. The second kappa shape index (κ2) is 6.48. The van der Waals surface area contributed by atoms with Crippen molar-refractivity contribution in [2.24, 2.45) is 0 Å². The van der Waals surface area contributed by atoms with Crippen molar-refractivity contribution in [2.75, 3.05) is 0 Å². The van der Waals surface area contributed by atoms with Crippen molar-refractivity contribution < 1.29 is 17.7 Å². The van der Waals surface area contributed by atoms with E-state index in [9.17, 15) is 22.9 Å². The molecule has 0 N–H and O–H groups in total. The maximum atomic E-state index is 12.8. The molecule has 7 heteroatoms. The number of nitro benzene ring substituents is 1. The standard InChI is InChI=1S/C15H12FNO4S/c16-14-6-4-13(5-7-14)11-22(20,21)9-8-12-2-1-3-15(10-12)17(18)19/h1-10H,11H2/b9-8+. The van der Waals surface area contributed by atoms with Gasteiger partial charge in [-0.3, -0.25) is 10.1 Å². The molecule has 2 aromatic carbocycles. The van der Waals surface area contributed by atoms with Gasteiger partial charge >= 0.3 is 0 Å². The highest BCUT2D eigenvalue weighted by atomic mass is 32.2. The lowest BCUT2D eigenvalue weighted by molar-refractivity contribution is -0.384. The van der Waals surface area contributed by atoms with Crippen LogP contribution in [0.1, 0.15) is 11.1 Å². The van der Waals surface area contributed by atoms with Gasteiger partial charge in [-0.15, -0.1) is 0 Å². The zero-order valence-electron chi connectivity index (χ0n) is 11.3. The topological polar surface area (TPSA) is 77.3 Å². The van der Waals surface area contributed by atoms with Crippen LogP contribution in [0.2, 0.25) is 0 Å².